The van der Waals surface area contributed by atoms with Gasteiger partial charge >= 0.3 is 5.97 Å². The van der Waals surface area contributed by atoms with Crippen LogP contribution < -0.4 is 4.74 Å². The quantitative estimate of drug-likeness (QED) is 0.832. The molecule has 4 nitrogen and oxygen atoms in total. The Morgan fingerprint density at radius 2 is 1.91 bits per heavy atom. The average Bonchev–Trinajstić information content (AvgIpc) is 2.55. The third-order valence-corrected chi connectivity index (χ3v) is 3.54. The van der Waals surface area contributed by atoms with E-state index in [9.17, 15) is 9.90 Å². The molecule has 0 radical (unpaired) electrons. The smallest absolute Gasteiger partial charge is 0.313 e. The summed E-state index contributed by atoms with van der Waals surface area (Å²) in [5, 5.41) is 9.58. The summed E-state index contributed by atoms with van der Waals surface area (Å²) in [6, 6.07) is 14.7. The molecule has 2 aromatic rings. The van der Waals surface area contributed by atoms with Crippen molar-refractivity contribution in [2.45, 2.75) is 19.3 Å². The maximum absolute atomic E-state index is 12.1. The maximum Gasteiger partial charge on any atom is 0.313 e. The van der Waals surface area contributed by atoms with Gasteiger partial charge in [-0.25, -0.2) is 0 Å². The second-order valence-electron chi connectivity index (χ2n) is 5.06. The molecule has 0 aliphatic carbocycles. The van der Waals surface area contributed by atoms with Crippen LogP contribution in [-0.4, -0.2) is 24.8 Å². The Morgan fingerprint density at radius 3 is 2.59 bits per heavy atom. The van der Waals surface area contributed by atoms with Gasteiger partial charge in [-0.15, -0.1) is 0 Å². The highest BCUT2D eigenvalue weighted by atomic mass is 16.5. The van der Waals surface area contributed by atoms with Crippen molar-refractivity contribution in [3.8, 4) is 11.5 Å². The van der Waals surface area contributed by atoms with E-state index in [1.54, 1.807) is 19.1 Å². The number of hydrogen-bond acceptors (Lipinski definition) is 4. The van der Waals surface area contributed by atoms with E-state index >= 15 is 0 Å². The van der Waals surface area contributed by atoms with E-state index in [1.807, 2.05) is 30.3 Å². The molecule has 1 atom stereocenters. The second-order valence-corrected chi connectivity index (χ2v) is 5.06. The van der Waals surface area contributed by atoms with Crippen molar-refractivity contribution in [3.63, 3.8) is 0 Å². The number of aromatic hydroxyl groups is 1. The first-order valence-corrected chi connectivity index (χ1v) is 7.19. The number of phenols is 1. The molecule has 0 saturated carbocycles. The Morgan fingerprint density at radius 1 is 1.18 bits per heavy atom. The molecule has 0 fully saturated rings. The molecule has 1 N–H and O–H groups in total. The molecule has 0 spiro atoms. The SMILES string of the molecule is COc1cc(C(C)C(=O)OCCc2ccccc2)ccc1O. The van der Waals surface area contributed by atoms with Crippen LogP contribution in [0.1, 0.15) is 24.0 Å². The number of benzene rings is 2. The van der Waals surface area contributed by atoms with Crippen molar-refractivity contribution in [1.29, 1.82) is 0 Å². The van der Waals surface area contributed by atoms with Crippen molar-refractivity contribution in [3.05, 3.63) is 59.7 Å². The lowest BCUT2D eigenvalue weighted by molar-refractivity contribution is -0.144. The lowest BCUT2D eigenvalue weighted by Gasteiger charge is -2.13. The summed E-state index contributed by atoms with van der Waals surface area (Å²) in [7, 11) is 1.47. The molecule has 4 heteroatoms. The molecule has 116 valence electrons. The lowest BCUT2D eigenvalue weighted by Crippen LogP contribution is -2.15. The van der Waals surface area contributed by atoms with E-state index in [0.29, 0.717) is 18.8 Å². The number of carbonyl (C=O) groups excluding carboxylic acids is 1. The average molecular weight is 300 g/mol. The Kier molecular flexibility index (Phi) is 5.42. The first kappa shape index (κ1) is 15.9. The van der Waals surface area contributed by atoms with Gasteiger partial charge in [-0.2, -0.15) is 0 Å². The second kappa shape index (κ2) is 7.50. The predicted octanol–water partition coefficient (Wildman–Crippen LogP) is 3.29. The minimum atomic E-state index is -0.412. The van der Waals surface area contributed by atoms with Gasteiger partial charge in [0, 0.05) is 6.42 Å². The fraction of sp³-hybridized carbons (Fsp3) is 0.278. The minimum absolute atomic E-state index is 0.0518. The molecule has 0 amide bonds. The Balaban J connectivity index is 1.92. The fourth-order valence-corrected chi connectivity index (χ4v) is 2.14. The first-order chi connectivity index (χ1) is 10.6. The van der Waals surface area contributed by atoms with Crippen LogP contribution in [0.3, 0.4) is 0 Å². The maximum atomic E-state index is 12.1. The standard InChI is InChI=1S/C18H20O4/c1-13(15-8-9-16(19)17(12-15)21-2)18(20)22-11-10-14-6-4-3-5-7-14/h3-9,12-13,19H,10-11H2,1-2H3. The van der Waals surface area contributed by atoms with Gasteiger partial charge in [0.25, 0.3) is 0 Å². The van der Waals surface area contributed by atoms with Crippen LogP contribution in [0, 0.1) is 0 Å². The van der Waals surface area contributed by atoms with Crippen molar-refractivity contribution in [2.24, 2.45) is 0 Å². The molecule has 0 aliphatic heterocycles. The number of hydrogen-bond donors (Lipinski definition) is 1. The number of carbonyl (C=O) groups is 1. The Bertz CT molecular complexity index is 622. The molecule has 0 bridgehead atoms. The van der Waals surface area contributed by atoms with Crippen LogP contribution in [0.4, 0.5) is 0 Å². The number of esters is 1. The highest BCUT2D eigenvalue weighted by molar-refractivity contribution is 5.78. The van der Waals surface area contributed by atoms with E-state index in [2.05, 4.69) is 0 Å². The summed E-state index contributed by atoms with van der Waals surface area (Å²) in [4.78, 5) is 12.1. The van der Waals surface area contributed by atoms with Crippen LogP contribution >= 0.6 is 0 Å². The van der Waals surface area contributed by atoms with Crippen LogP contribution in [0.25, 0.3) is 0 Å². The Labute approximate surface area is 130 Å². The fourth-order valence-electron chi connectivity index (χ4n) is 2.14. The van der Waals surface area contributed by atoms with Crippen LogP contribution in [0.5, 0.6) is 11.5 Å². The van der Waals surface area contributed by atoms with Gasteiger partial charge in [-0.1, -0.05) is 36.4 Å². The Hall–Kier alpha value is -2.49. The van der Waals surface area contributed by atoms with Gasteiger partial charge in [0.05, 0.1) is 19.6 Å². The monoisotopic (exact) mass is 300 g/mol. The number of phenolic OH excluding ortho intramolecular Hbond substituents is 1. The normalized spacial score (nSPS) is 11.7. The van der Waals surface area contributed by atoms with E-state index in [0.717, 1.165) is 11.1 Å². The summed E-state index contributed by atoms with van der Waals surface area (Å²) in [5.74, 6) is -0.300. The van der Waals surface area contributed by atoms with E-state index in [1.165, 1.54) is 13.2 Å². The van der Waals surface area contributed by atoms with Crippen molar-refractivity contribution in [2.75, 3.05) is 13.7 Å². The first-order valence-electron chi connectivity index (χ1n) is 7.19. The number of methoxy groups -OCH3 is 1. The van der Waals surface area contributed by atoms with Gasteiger partial charge < -0.3 is 14.6 Å². The largest absolute Gasteiger partial charge is 0.504 e. The summed E-state index contributed by atoms with van der Waals surface area (Å²) in [6.45, 7) is 2.12. The van der Waals surface area contributed by atoms with Crippen molar-refractivity contribution < 1.29 is 19.4 Å². The van der Waals surface area contributed by atoms with Gasteiger partial charge in [-0.05, 0) is 30.2 Å². The van der Waals surface area contributed by atoms with Crippen molar-refractivity contribution >= 4 is 5.97 Å². The molecule has 1 unspecified atom stereocenters. The van der Waals surface area contributed by atoms with Gasteiger partial charge in [0.2, 0.25) is 0 Å². The lowest BCUT2D eigenvalue weighted by atomic mass is 10.0. The van der Waals surface area contributed by atoms with Crippen LogP contribution in [0.2, 0.25) is 0 Å². The molecule has 0 heterocycles. The zero-order valence-corrected chi connectivity index (χ0v) is 12.8. The third kappa shape index (κ3) is 4.01. The molecule has 2 aromatic carbocycles. The summed E-state index contributed by atoms with van der Waals surface area (Å²) >= 11 is 0. The zero-order valence-electron chi connectivity index (χ0n) is 12.8. The molecular formula is C18H20O4. The molecule has 0 aromatic heterocycles. The van der Waals surface area contributed by atoms with Gasteiger partial charge in [0.1, 0.15) is 0 Å². The molecule has 2 rings (SSSR count). The number of ether oxygens (including phenoxy) is 2. The highest BCUT2D eigenvalue weighted by Gasteiger charge is 2.18. The van der Waals surface area contributed by atoms with E-state index in [4.69, 9.17) is 9.47 Å². The number of rotatable bonds is 6. The molecule has 0 aliphatic rings. The zero-order chi connectivity index (χ0) is 15.9. The summed E-state index contributed by atoms with van der Waals surface area (Å²) in [6.07, 6.45) is 0.693. The third-order valence-electron chi connectivity index (χ3n) is 3.54. The minimum Gasteiger partial charge on any atom is -0.504 e. The summed E-state index contributed by atoms with van der Waals surface area (Å²) in [5.41, 5.74) is 1.88. The van der Waals surface area contributed by atoms with E-state index < -0.39 is 5.92 Å². The molecular weight excluding hydrogens is 280 g/mol. The topological polar surface area (TPSA) is 55.8 Å². The van der Waals surface area contributed by atoms with Crippen LogP contribution in [0.15, 0.2) is 48.5 Å². The molecule has 22 heavy (non-hydrogen) atoms. The molecule has 0 saturated heterocycles. The summed E-state index contributed by atoms with van der Waals surface area (Å²) < 4.78 is 10.4. The van der Waals surface area contributed by atoms with E-state index in [-0.39, 0.29) is 11.7 Å². The van der Waals surface area contributed by atoms with Crippen molar-refractivity contribution in [1.82, 2.24) is 0 Å². The highest BCUT2D eigenvalue weighted by Crippen LogP contribution is 2.30. The van der Waals surface area contributed by atoms with Gasteiger partial charge in [-0.3, -0.25) is 4.79 Å². The van der Waals surface area contributed by atoms with Crippen LogP contribution in [-0.2, 0) is 16.0 Å². The predicted molar refractivity (Wildman–Crippen MR) is 84.2 cm³/mol. The van der Waals surface area contributed by atoms with Gasteiger partial charge in [0.15, 0.2) is 11.5 Å².